The van der Waals surface area contributed by atoms with Crippen LogP contribution >= 0.6 is 0 Å². The Hall–Kier alpha value is -1.81. The summed E-state index contributed by atoms with van der Waals surface area (Å²) in [6.45, 7) is 2.11. The lowest BCUT2D eigenvalue weighted by Gasteiger charge is -2.22. The smallest absolute Gasteiger partial charge is 0.118 e. The molecule has 0 atom stereocenters. The maximum Gasteiger partial charge on any atom is 0.118 e. The van der Waals surface area contributed by atoms with Gasteiger partial charge in [-0.3, -0.25) is 5.10 Å². The van der Waals surface area contributed by atoms with Crippen LogP contribution in [0.25, 0.3) is 0 Å². The summed E-state index contributed by atoms with van der Waals surface area (Å²) in [4.78, 5) is 2.34. The van der Waals surface area contributed by atoms with Crippen LogP contribution in [0.5, 0.6) is 5.75 Å². The number of H-pyrrole nitrogens is 1. The molecule has 0 unspecified atom stereocenters. The van der Waals surface area contributed by atoms with Crippen molar-refractivity contribution in [1.82, 2.24) is 15.1 Å². The van der Waals surface area contributed by atoms with E-state index in [1.165, 1.54) is 22.5 Å². The molecule has 0 saturated carbocycles. The number of nitrogens with zero attached hydrogens (tertiary/aromatic N) is 2. The van der Waals surface area contributed by atoms with Gasteiger partial charge in [0.05, 0.1) is 12.8 Å². The molecule has 0 fully saturated rings. The Morgan fingerprint density at radius 3 is 2.84 bits per heavy atom. The van der Waals surface area contributed by atoms with Crippen LogP contribution in [0.4, 0.5) is 0 Å². The quantitative estimate of drug-likeness (QED) is 0.914. The number of nitrogens with one attached hydrogen (secondary N) is 1. The van der Waals surface area contributed by atoms with Gasteiger partial charge in [0.1, 0.15) is 5.75 Å². The van der Waals surface area contributed by atoms with Gasteiger partial charge in [0, 0.05) is 37.2 Å². The van der Waals surface area contributed by atoms with Crippen LogP contribution in [0.2, 0.25) is 0 Å². The lowest BCUT2D eigenvalue weighted by Crippen LogP contribution is -2.26. The van der Waals surface area contributed by atoms with E-state index >= 15 is 0 Å². The molecule has 0 radical (unpaired) electrons. The normalized spacial score (nSPS) is 15.3. The molecule has 1 aromatic carbocycles. The Morgan fingerprint density at radius 1 is 1.32 bits per heavy atom. The fourth-order valence-electron chi connectivity index (χ4n) is 2.57. The second kappa shape index (κ2) is 5.05. The van der Waals surface area contributed by atoms with Crippen LogP contribution in [0.1, 0.15) is 22.5 Å². The Kier molecular flexibility index (Phi) is 3.25. The van der Waals surface area contributed by atoms with Gasteiger partial charge >= 0.3 is 0 Å². The summed E-state index contributed by atoms with van der Waals surface area (Å²) in [6.07, 6.45) is 1.95. The summed E-state index contributed by atoms with van der Waals surface area (Å²) in [7, 11) is 3.85. The van der Waals surface area contributed by atoms with Crippen molar-refractivity contribution in [3.05, 3.63) is 46.8 Å². The van der Waals surface area contributed by atoms with E-state index in [0.29, 0.717) is 0 Å². The molecule has 100 valence electrons. The number of aromatic amines is 1. The zero-order valence-electron chi connectivity index (χ0n) is 11.4. The fraction of sp³-hybridized carbons (Fsp3) is 0.400. The van der Waals surface area contributed by atoms with Gasteiger partial charge in [-0.15, -0.1) is 0 Å². The SMILES string of the molecule is COc1ccc(Cc2n[nH]c3c2CN(C)CC3)cc1. The topological polar surface area (TPSA) is 41.1 Å². The molecular formula is C15H19N3O. The van der Waals surface area contributed by atoms with Crippen molar-refractivity contribution in [2.45, 2.75) is 19.4 Å². The van der Waals surface area contributed by atoms with Crippen LogP contribution in [0.3, 0.4) is 0 Å². The summed E-state index contributed by atoms with van der Waals surface area (Å²) in [5.74, 6) is 0.896. The van der Waals surface area contributed by atoms with Crippen molar-refractivity contribution < 1.29 is 4.74 Å². The van der Waals surface area contributed by atoms with Gasteiger partial charge in [0.2, 0.25) is 0 Å². The first-order valence-electron chi connectivity index (χ1n) is 6.62. The second-order valence-electron chi connectivity index (χ2n) is 5.14. The molecule has 19 heavy (non-hydrogen) atoms. The largest absolute Gasteiger partial charge is 0.497 e. The zero-order chi connectivity index (χ0) is 13.2. The highest BCUT2D eigenvalue weighted by molar-refractivity contribution is 5.34. The first-order chi connectivity index (χ1) is 9.26. The molecule has 4 nitrogen and oxygen atoms in total. The first kappa shape index (κ1) is 12.2. The lowest BCUT2D eigenvalue weighted by atomic mass is 10.0. The summed E-state index contributed by atoms with van der Waals surface area (Å²) in [5, 5.41) is 7.68. The molecule has 4 heteroatoms. The summed E-state index contributed by atoms with van der Waals surface area (Å²) < 4.78 is 5.18. The third-order valence-corrected chi connectivity index (χ3v) is 3.74. The van der Waals surface area contributed by atoms with Crippen molar-refractivity contribution in [2.24, 2.45) is 0 Å². The highest BCUT2D eigenvalue weighted by atomic mass is 16.5. The van der Waals surface area contributed by atoms with Gasteiger partial charge in [0.15, 0.2) is 0 Å². The Labute approximate surface area is 113 Å². The summed E-state index contributed by atoms with van der Waals surface area (Å²) in [6, 6.07) is 8.21. The summed E-state index contributed by atoms with van der Waals surface area (Å²) in [5.41, 5.74) is 5.13. The van der Waals surface area contributed by atoms with E-state index in [4.69, 9.17) is 4.74 Å². The molecule has 0 amide bonds. The van der Waals surface area contributed by atoms with E-state index in [9.17, 15) is 0 Å². The van der Waals surface area contributed by atoms with Crippen LogP contribution < -0.4 is 4.74 Å². The molecule has 3 rings (SSSR count). The van der Waals surface area contributed by atoms with Gasteiger partial charge in [-0.25, -0.2) is 0 Å². The van der Waals surface area contributed by atoms with Crippen molar-refractivity contribution in [1.29, 1.82) is 0 Å². The number of hydrogen-bond donors (Lipinski definition) is 1. The Morgan fingerprint density at radius 2 is 2.11 bits per heavy atom. The molecule has 2 heterocycles. The average molecular weight is 257 g/mol. The monoisotopic (exact) mass is 257 g/mol. The molecular weight excluding hydrogens is 238 g/mol. The molecule has 1 N–H and O–H groups in total. The third-order valence-electron chi connectivity index (χ3n) is 3.74. The van der Waals surface area contributed by atoms with E-state index in [1.807, 2.05) is 12.1 Å². The molecule has 1 aliphatic heterocycles. The van der Waals surface area contributed by atoms with Crippen LogP contribution in [0, 0.1) is 0 Å². The number of methoxy groups -OCH3 is 1. The molecule has 0 saturated heterocycles. The highest BCUT2D eigenvalue weighted by Crippen LogP contribution is 2.22. The fourth-order valence-corrected chi connectivity index (χ4v) is 2.57. The maximum absolute atomic E-state index is 5.18. The number of fused-ring (bicyclic) bond motifs is 1. The molecule has 0 spiro atoms. The Bertz CT molecular complexity index is 559. The zero-order valence-corrected chi connectivity index (χ0v) is 11.4. The van der Waals surface area contributed by atoms with E-state index in [-0.39, 0.29) is 0 Å². The van der Waals surface area contributed by atoms with E-state index in [0.717, 1.165) is 31.7 Å². The van der Waals surface area contributed by atoms with Crippen molar-refractivity contribution >= 4 is 0 Å². The minimum absolute atomic E-state index is 0.879. The average Bonchev–Trinajstić information content (AvgIpc) is 2.82. The minimum atomic E-state index is 0.879. The first-order valence-corrected chi connectivity index (χ1v) is 6.62. The van der Waals surface area contributed by atoms with E-state index < -0.39 is 0 Å². The van der Waals surface area contributed by atoms with E-state index in [1.54, 1.807) is 7.11 Å². The number of rotatable bonds is 3. The van der Waals surface area contributed by atoms with Crippen LogP contribution in [-0.4, -0.2) is 35.8 Å². The Balaban J connectivity index is 1.81. The molecule has 2 aromatic rings. The molecule has 1 aliphatic rings. The number of aromatic nitrogens is 2. The highest BCUT2D eigenvalue weighted by Gasteiger charge is 2.19. The van der Waals surface area contributed by atoms with Crippen molar-refractivity contribution in [3.63, 3.8) is 0 Å². The number of ether oxygens (including phenoxy) is 1. The van der Waals surface area contributed by atoms with Gasteiger partial charge in [-0.05, 0) is 24.7 Å². The summed E-state index contributed by atoms with van der Waals surface area (Å²) >= 11 is 0. The third kappa shape index (κ3) is 2.49. The van der Waals surface area contributed by atoms with Crippen molar-refractivity contribution in [3.8, 4) is 5.75 Å². The maximum atomic E-state index is 5.18. The number of likely N-dealkylation sites (N-methyl/N-ethyl adjacent to an activating group) is 1. The van der Waals surface area contributed by atoms with Crippen LogP contribution in [-0.2, 0) is 19.4 Å². The predicted molar refractivity (Wildman–Crippen MR) is 74.4 cm³/mol. The minimum Gasteiger partial charge on any atom is -0.497 e. The van der Waals surface area contributed by atoms with Crippen LogP contribution in [0.15, 0.2) is 24.3 Å². The van der Waals surface area contributed by atoms with E-state index in [2.05, 4.69) is 34.3 Å². The number of hydrogen-bond acceptors (Lipinski definition) is 3. The van der Waals surface area contributed by atoms with Gasteiger partial charge in [-0.1, -0.05) is 12.1 Å². The second-order valence-corrected chi connectivity index (χ2v) is 5.14. The standard InChI is InChI=1S/C15H19N3O/c1-18-8-7-14-13(10-18)15(17-16-14)9-11-3-5-12(19-2)6-4-11/h3-6H,7-10H2,1-2H3,(H,16,17). The van der Waals surface area contributed by atoms with Gasteiger partial charge in [0.25, 0.3) is 0 Å². The molecule has 0 bridgehead atoms. The van der Waals surface area contributed by atoms with Gasteiger partial charge in [-0.2, -0.15) is 5.10 Å². The van der Waals surface area contributed by atoms with Gasteiger partial charge < -0.3 is 9.64 Å². The predicted octanol–water partition coefficient (Wildman–Crippen LogP) is 2.00. The lowest BCUT2D eigenvalue weighted by molar-refractivity contribution is 0.311. The number of benzene rings is 1. The molecule has 0 aliphatic carbocycles. The molecule has 1 aromatic heterocycles. The van der Waals surface area contributed by atoms with Crippen molar-refractivity contribution in [2.75, 3.05) is 20.7 Å².